The van der Waals surface area contributed by atoms with Crippen molar-refractivity contribution in [3.63, 3.8) is 0 Å². The normalized spacial score (nSPS) is 16.2. The molecule has 0 saturated carbocycles. The van der Waals surface area contributed by atoms with E-state index in [4.69, 9.17) is 4.74 Å². The minimum atomic E-state index is -1.40. The van der Waals surface area contributed by atoms with Gasteiger partial charge in [-0.25, -0.2) is 9.69 Å². The molecule has 0 unspecified atom stereocenters. The molecule has 1 saturated heterocycles. The lowest BCUT2D eigenvalue weighted by molar-refractivity contribution is -0.255. The highest BCUT2D eigenvalue weighted by Crippen LogP contribution is 2.26. The number of aromatic carboxylic acids is 1. The quantitative estimate of drug-likeness (QED) is 0.696. The predicted molar refractivity (Wildman–Crippen MR) is 101 cm³/mol. The SMILES string of the molecule is C=C(Nc1cccc(C(=O)[O-])c1)[C@@H]1C(=O)NC(=O)N(c2ccc(OC)cc2)C1=O. The number of carbonyl (C=O) groups is 4. The first kappa shape index (κ1) is 19.6. The molecule has 0 radical (unpaired) electrons. The average molecular weight is 394 g/mol. The van der Waals surface area contributed by atoms with Gasteiger partial charge in [0.1, 0.15) is 5.75 Å². The van der Waals surface area contributed by atoms with Gasteiger partial charge in [0.15, 0.2) is 5.92 Å². The Kier molecular flexibility index (Phi) is 5.31. The molecule has 1 atom stereocenters. The second-order valence-corrected chi connectivity index (χ2v) is 6.12. The number of nitrogens with zero attached hydrogens (tertiary/aromatic N) is 1. The van der Waals surface area contributed by atoms with E-state index in [1.54, 1.807) is 12.1 Å². The van der Waals surface area contributed by atoms with E-state index in [1.165, 1.54) is 43.5 Å². The summed E-state index contributed by atoms with van der Waals surface area (Å²) in [5, 5.41) is 15.9. The summed E-state index contributed by atoms with van der Waals surface area (Å²) in [5.74, 6) is -3.87. The van der Waals surface area contributed by atoms with Crippen LogP contribution in [0.4, 0.5) is 16.2 Å². The molecular formula is C20H16N3O6-. The van der Waals surface area contributed by atoms with Gasteiger partial charge in [-0.1, -0.05) is 18.7 Å². The van der Waals surface area contributed by atoms with Gasteiger partial charge in [-0.2, -0.15) is 0 Å². The van der Waals surface area contributed by atoms with Gasteiger partial charge in [0.05, 0.1) is 18.8 Å². The van der Waals surface area contributed by atoms with E-state index < -0.39 is 29.7 Å². The number of imide groups is 2. The Morgan fingerprint density at radius 1 is 1.17 bits per heavy atom. The second kappa shape index (κ2) is 7.85. The van der Waals surface area contributed by atoms with Crippen LogP contribution in [-0.4, -0.2) is 30.9 Å². The fourth-order valence-corrected chi connectivity index (χ4v) is 2.84. The molecule has 0 aromatic heterocycles. The van der Waals surface area contributed by atoms with E-state index in [1.807, 2.05) is 0 Å². The van der Waals surface area contributed by atoms with Crippen LogP contribution in [0, 0.1) is 5.92 Å². The topological polar surface area (TPSA) is 128 Å². The summed E-state index contributed by atoms with van der Waals surface area (Å²) in [6, 6.07) is 10.9. The average Bonchev–Trinajstić information content (AvgIpc) is 2.68. The maximum atomic E-state index is 12.9. The van der Waals surface area contributed by atoms with Crippen LogP contribution in [-0.2, 0) is 9.59 Å². The number of carboxylic acids is 1. The van der Waals surface area contributed by atoms with Crippen LogP contribution in [0.25, 0.3) is 0 Å². The summed E-state index contributed by atoms with van der Waals surface area (Å²) in [6.45, 7) is 3.72. The van der Waals surface area contributed by atoms with Crippen molar-refractivity contribution < 1.29 is 29.0 Å². The molecule has 2 N–H and O–H groups in total. The summed E-state index contributed by atoms with van der Waals surface area (Å²) in [6.07, 6.45) is 0. The molecule has 2 aromatic carbocycles. The summed E-state index contributed by atoms with van der Waals surface area (Å²) >= 11 is 0. The number of amides is 4. The van der Waals surface area contributed by atoms with Crippen molar-refractivity contribution >= 4 is 35.2 Å². The fourth-order valence-electron chi connectivity index (χ4n) is 2.84. The lowest BCUT2D eigenvalue weighted by Crippen LogP contribution is -2.59. The van der Waals surface area contributed by atoms with Gasteiger partial charge in [0.25, 0.3) is 5.91 Å². The van der Waals surface area contributed by atoms with Crippen molar-refractivity contribution in [1.82, 2.24) is 5.32 Å². The Bertz CT molecular complexity index is 1020. The van der Waals surface area contributed by atoms with Crippen LogP contribution >= 0.6 is 0 Å². The van der Waals surface area contributed by atoms with E-state index in [-0.39, 0.29) is 16.9 Å². The number of methoxy groups -OCH3 is 1. The van der Waals surface area contributed by atoms with Crippen molar-refractivity contribution in [2.75, 3.05) is 17.3 Å². The molecule has 1 aliphatic heterocycles. The fraction of sp³-hybridized carbons (Fsp3) is 0.100. The van der Waals surface area contributed by atoms with Gasteiger partial charge < -0.3 is 20.0 Å². The molecule has 0 spiro atoms. The third kappa shape index (κ3) is 3.93. The van der Waals surface area contributed by atoms with E-state index in [0.717, 1.165) is 4.90 Å². The summed E-state index contributed by atoms with van der Waals surface area (Å²) in [5.41, 5.74) is 0.439. The zero-order valence-corrected chi connectivity index (χ0v) is 15.3. The summed E-state index contributed by atoms with van der Waals surface area (Å²) < 4.78 is 5.05. The van der Waals surface area contributed by atoms with E-state index in [2.05, 4.69) is 17.2 Å². The maximum absolute atomic E-state index is 12.9. The Hall–Kier alpha value is -4.14. The standard InChI is InChI=1S/C20H17N3O6/c1-11(21-13-5-3-4-12(10-13)19(26)27)16-17(24)22-20(28)23(18(16)25)14-6-8-15(29-2)9-7-14/h3-10,16,21H,1H2,2H3,(H,26,27)(H,22,24,28)/p-1/t16-/m1/s1. The van der Waals surface area contributed by atoms with Crippen LogP contribution in [0.2, 0.25) is 0 Å². The number of nitrogens with one attached hydrogen (secondary N) is 2. The van der Waals surface area contributed by atoms with E-state index in [0.29, 0.717) is 11.4 Å². The Morgan fingerprint density at radius 2 is 1.86 bits per heavy atom. The predicted octanol–water partition coefficient (Wildman–Crippen LogP) is 0.883. The van der Waals surface area contributed by atoms with Gasteiger partial charge in [0.2, 0.25) is 5.91 Å². The van der Waals surface area contributed by atoms with E-state index in [9.17, 15) is 24.3 Å². The molecule has 0 bridgehead atoms. The highest BCUT2D eigenvalue weighted by molar-refractivity contribution is 6.28. The molecule has 29 heavy (non-hydrogen) atoms. The Balaban J connectivity index is 1.85. The maximum Gasteiger partial charge on any atom is 0.335 e. The zero-order chi connectivity index (χ0) is 21.1. The minimum absolute atomic E-state index is 0.0194. The number of hydrogen-bond acceptors (Lipinski definition) is 7. The molecular weight excluding hydrogens is 378 g/mol. The van der Waals surface area contributed by atoms with Gasteiger partial charge in [-0.05, 0) is 42.0 Å². The minimum Gasteiger partial charge on any atom is -0.545 e. The van der Waals surface area contributed by atoms with E-state index >= 15 is 0 Å². The third-order valence-corrected chi connectivity index (χ3v) is 4.25. The third-order valence-electron chi connectivity index (χ3n) is 4.25. The first-order valence-electron chi connectivity index (χ1n) is 8.42. The van der Waals surface area contributed by atoms with Crippen LogP contribution in [0.1, 0.15) is 10.4 Å². The number of benzene rings is 2. The number of carbonyl (C=O) groups excluding carboxylic acids is 4. The lowest BCUT2D eigenvalue weighted by atomic mass is 10.0. The lowest BCUT2D eigenvalue weighted by Gasteiger charge is -2.31. The van der Waals surface area contributed by atoms with Gasteiger partial charge in [0, 0.05) is 11.4 Å². The van der Waals surface area contributed by atoms with Crippen molar-refractivity contribution in [3.8, 4) is 5.75 Å². The number of hydrogen-bond donors (Lipinski definition) is 2. The number of barbiturate groups is 1. The molecule has 9 heteroatoms. The van der Waals surface area contributed by atoms with Crippen LogP contribution < -0.4 is 25.4 Å². The van der Waals surface area contributed by atoms with Crippen molar-refractivity contribution in [2.24, 2.45) is 5.92 Å². The van der Waals surface area contributed by atoms with Gasteiger partial charge in [-0.15, -0.1) is 0 Å². The summed E-state index contributed by atoms with van der Waals surface area (Å²) in [7, 11) is 1.48. The van der Waals surface area contributed by atoms with Crippen molar-refractivity contribution in [1.29, 1.82) is 0 Å². The van der Waals surface area contributed by atoms with Crippen LogP contribution in [0.3, 0.4) is 0 Å². The molecule has 148 valence electrons. The van der Waals surface area contributed by atoms with Crippen molar-refractivity contribution in [2.45, 2.75) is 0 Å². The Morgan fingerprint density at radius 3 is 2.48 bits per heavy atom. The van der Waals surface area contributed by atoms with Crippen molar-refractivity contribution in [3.05, 3.63) is 66.4 Å². The smallest absolute Gasteiger partial charge is 0.335 e. The molecule has 3 rings (SSSR count). The molecule has 4 amide bonds. The van der Waals surface area contributed by atoms with Gasteiger partial charge in [-0.3, -0.25) is 14.9 Å². The van der Waals surface area contributed by atoms with Crippen LogP contribution in [0.5, 0.6) is 5.75 Å². The monoisotopic (exact) mass is 394 g/mol. The molecule has 9 nitrogen and oxygen atoms in total. The Labute approximate surface area is 165 Å². The number of anilines is 2. The highest BCUT2D eigenvalue weighted by atomic mass is 16.5. The first-order chi connectivity index (χ1) is 13.8. The number of ether oxygens (including phenoxy) is 1. The molecule has 1 fully saturated rings. The highest BCUT2D eigenvalue weighted by Gasteiger charge is 2.43. The summed E-state index contributed by atoms with van der Waals surface area (Å²) in [4.78, 5) is 49.3. The zero-order valence-electron chi connectivity index (χ0n) is 15.3. The number of carboxylic acid groups (broad SMARTS) is 1. The van der Waals surface area contributed by atoms with Crippen LogP contribution in [0.15, 0.2) is 60.8 Å². The molecule has 1 aliphatic rings. The largest absolute Gasteiger partial charge is 0.545 e. The molecule has 0 aliphatic carbocycles. The number of rotatable bonds is 6. The molecule has 1 heterocycles. The number of urea groups is 1. The second-order valence-electron chi connectivity index (χ2n) is 6.12. The molecule has 2 aromatic rings. The first-order valence-corrected chi connectivity index (χ1v) is 8.42. The van der Waals surface area contributed by atoms with Gasteiger partial charge >= 0.3 is 6.03 Å².